The number of carboxylic acids is 1. The van der Waals surface area contributed by atoms with E-state index in [1.807, 2.05) is 0 Å². The van der Waals surface area contributed by atoms with Crippen LogP contribution in [0.15, 0.2) is 0 Å². The average molecular weight is 268 g/mol. The van der Waals surface area contributed by atoms with Crippen LogP contribution in [-0.2, 0) is 4.79 Å². The molecule has 2 saturated heterocycles. The first-order chi connectivity index (χ1) is 9.06. The molecule has 2 fully saturated rings. The van der Waals surface area contributed by atoms with Crippen molar-refractivity contribution in [3.05, 3.63) is 0 Å². The van der Waals surface area contributed by atoms with Gasteiger partial charge >= 0.3 is 5.97 Å². The highest BCUT2D eigenvalue weighted by molar-refractivity contribution is 5.67. The summed E-state index contributed by atoms with van der Waals surface area (Å²) in [6.07, 6.45) is 4.99. The first-order valence-corrected chi connectivity index (χ1v) is 7.76. The van der Waals surface area contributed by atoms with Crippen LogP contribution in [0.25, 0.3) is 0 Å². The maximum atomic E-state index is 10.9. The zero-order valence-corrected chi connectivity index (χ0v) is 12.3. The normalized spacial score (nSPS) is 27.2. The molecule has 0 saturated carbocycles. The molecule has 2 aliphatic heterocycles. The number of likely N-dealkylation sites (tertiary alicyclic amines) is 2. The number of hydrogen-bond acceptors (Lipinski definition) is 3. The van der Waals surface area contributed by atoms with E-state index in [9.17, 15) is 4.79 Å². The van der Waals surface area contributed by atoms with Crippen LogP contribution in [0, 0.1) is 5.92 Å². The highest BCUT2D eigenvalue weighted by Crippen LogP contribution is 2.27. The Hall–Kier alpha value is -0.610. The summed E-state index contributed by atoms with van der Waals surface area (Å²) in [4.78, 5) is 16.0. The molecular formula is C15H28N2O2. The van der Waals surface area contributed by atoms with Gasteiger partial charge in [-0.3, -0.25) is 9.69 Å². The maximum Gasteiger partial charge on any atom is 0.304 e. The molecule has 0 spiro atoms. The second kappa shape index (κ2) is 6.71. The Morgan fingerprint density at radius 3 is 2.47 bits per heavy atom. The lowest BCUT2D eigenvalue weighted by Crippen LogP contribution is -2.47. The van der Waals surface area contributed by atoms with Gasteiger partial charge < -0.3 is 10.0 Å². The fourth-order valence-corrected chi connectivity index (χ4v) is 3.71. The van der Waals surface area contributed by atoms with Crippen LogP contribution >= 0.6 is 0 Å². The van der Waals surface area contributed by atoms with Gasteiger partial charge in [0.15, 0.2) is 0 Å². The number of aliphatic carboxylic acids is 1. The number of rotatable bonds is 5. The topological polar surface area (TPSA) is 43.8 Å². The van der Waals surface area contributed by atoms with Crippen molar-refractivity contribution in [2.45, 2.75) is 58.0 Å². The van der Waals surface area contributed by atoms with Gasteiger partial charge in [0, 0.05) is 18.6 Å². The number of hydrogen-bond donors (Lipinski definition) is 1. The highest BCUT2D eigenvalue weighted by Gasteiger charge is 2.33. The molecule has 4 heteroatoms. The predicted octanol–water partition coefficient (Wildman–Crippen LogP) is 2.05. The first kappa shape index (κ1) is 14.8. The van der Waals surface area contributed by atoms with E-state index in [-0.39, 0.29) is 0 Å². The van der Waals surface area contributed by atoms with Gasteiger partial charge in [-0.1, -0.05) is 13.8 Å². The third-order valence-electron chi connectivity index (χ3n) is 4.48. The van der Waals surface area contributed by atoms with E-state index in [0.717, 1.165) is 18.9 Å². The molecular weight excluding hydrogens is 240 g/mol. The number of carboxylic acid groups (broad SMARTS) is 1. The summed E-state index contributed by atoms with van der Waals surface area (Å²) in [5.74, 6) is 0.0947. The van der Waals surface area contributed by atoms with Gasteiger partial charge in [0.1, 0.15) is 0 Å². The molecule has 0 aromatic heterocycles. The molecule has 2 heterocycles. The Morgan fingerprint density at radius 1 is 1.21 bits per heavy atom. The molecule has 2 rings (SSSR count). The Morgan fingerprint density at radius 2 is 1.89 bits per heavy atom. The molecule has 1 atom stereocenters. The summed E-state index contributed by atoms with van der Waals surface area (Å²) >= 11 is 0. The van der Waals surface area contributed by atoms with Gasteiger partial charge in [0.25, 0.3) is 0 Å². The maximum absolute atomic E-state index is 10.9. The molecule has 110 valence electrons. The SMILES string of the molecule is CC(C)CN1CCC(N2CCCC2CC(=O)O)CC1. The first-order valence-electron chi connectivity index (χ1n) is 7.76. The standard InChI is InChI=1S/C15H28N2O2/c1-12(2)11-16-8-5-13(6-9-16)17-7-3-4-14(17)10-15(18)19/h12-14H,3-11H2,1-2H3,(H,18,19). The molecule has 1 unspecified atom stereocenters. The Bertz CT molecular complexity index is 299. The van der Waals surface area contributed by atoms with Gasteiger partial charge in [-0.25, -0.2) is 0 Å². The largest absolute Gasteiger partial charge is 0.481 e. The van der Waals surface area contributed by atoms with E-state index in [0.29, 0.717) is 18.5 Å². The summed E-state index contributed by atoms with van der Waals surface area (Å²) in [7, 11) is 0. The zero-order valence-electron chi connectivity index (χ0n) is 12.3. The minimum absolute atomic E-state index is 0.291. The lowest BCUT2D eigenvalue weighted by atomic mass is 10.0. The predicted molar refractivity (Wildman–Crippen MR) is 76.3 cm³/mol. The average Bonchev–Trinajstić information content (AvgIpc) is 2.76. The quantitative estimate of drug-likeness (QED) is 0.829. The molecule has 0 aromatic rings. The van der Waals surface area contributed by atoms with Crippen molar-refractivity contribution in [1.29, 1.82) is 0 Å². The molecule has 0 aliphatic carbocycles. The van der Waals surface area contributed by atoms with Crippen LogP contribution in [0.5, 0.6) is 0 Å². The third kappa shape index (κ3) is 4.18. The van der Waals surface area contributed by atoms with Crippen molar-refractivity contribution in [1.82, 2.24) is 9.80 Å². The van der Waals surface area contributed by atoms with Crippen LogP contribution < -0.4 is 0 Å². The Labute approximate surface area is 116 Å². The Balaban J connectivity index is 1.81. The van der Waals surface area contributed by atoms with Crippen LogP contribution in [0.4, 0.5) is 0 Å². The lowest BCUT2D eigenvalue weighted by Gasteiger charge is -2.39. The van der Waals surface area contributed by atoms with E-state index in [1.165, 1.54) is 38.9 Å². The molecule has 19 heavy (non-hydrogen) atoms. The van der Waals surface area contributed by atoms with E-state index in [4.69, 9.17) is 5.11 Å². The fraction of sp³-hybridized carbons (Fsp3) is 0.933. The van der Waals surface area contributed by atoms with Gasteiger partial charge in [0.2, 0.25) is 0 Å². The highest BCUT2D eigenvalue weighted by atomic mass is 16.4. The Kier molecular flexibility index (Phi) is 5.22. The van der Waals surface area contributed by atoms with Crippen LogP contribution in [0.1, 0.15) is 46.0 Å². The molecule has 0 amide bonds. The minimum Gasteiger partial charge on any atom is -0.481 e. The molecule has 0 bridgehead atoms. The molecule has 0 radical (unpaired) electrons. The van der Waals surface area contributed by atoms with Crippen molar-refractivity contribution >= 4 is 5.97 Å². The van der Waals surface area contributed by atoms with Crippen molar-refractivity contribution < 1.29 is 9.90 Å². The van der Waals surface area contributed by atoms with Crippen LogP contribution in [0.3, 0.4) is 0 Å². The van der Waals surface area contributed by atoms with Crippen molar-refractivity contribution in [2.24, 2.45) is 5.92 Å². The van der Waals surface area contributed by atoms with E-state index < -0.39 is 5.97 Å². The van der Waals surface area contributed by atoms with Gasteiger partial charge in [-0.05, 0) is 51.2 Å². The summed E-state index contributed by atoms with van der Waals surface area (Å²) in [6, 6.07) is 0.911. The summed E-state index contributed by atoms with van der Waals surface area (Å²) in [5.41, 5.74) is 0. The minimum atomic E-state index is -0.644. The van der Waals surface area contributed by atoms with Gasteiger partial charge in [-0.15, -0.1) is 0 Å². The molecule has 1 N–H and O–H groups in total. The molecule has 0 aromatic carbocycles. The van der Waals surface area contributed by atoms with Gasteiger partial charge in [0.05, 0.1) is 6.42 Å². The monoisotopic (exact) mass is 268 g/mol. The summed E-state index contributed by atoms with van der Waals surface area (Å²) in [5, 5.41) is 9.00. The summed E-state index contributed by atoms with van der Waals surface area (Å²) in [6.45, 7) is 9.21. The fourth-order valence-electron chi connectivity index (χ4n) is 3.71. The van der Waals surface area contributed by atoms with Crippen molar-refractivity contribution in [3.8, 4) is 0 Å². The van der Waals surface area contributed by atoms with Crippen molar-refractivity contribution in [2.75, 3.05) is 26.2 Å². The second-order valence-electron chi connectivity index (χ2n) is 6.56. The smallest absolute Gasteiger partial charge is 0.304 e. The zero-order chi connectivity index (χ0) is 13.8. The number of carbonyl (C=O) groups is 1. The number of piperidine rings is 1. The second-order valence-corrected chi connectivity index (χ2v) is 6.56. The van der Waals surface area contributed by atoms with Gasteiger partial charge in [-0.2, -0.15) is 0 Å². The van der Waals surface area contributed by atoms with E-state index in [2.05, 4.69) is 23.6 Å². The van der Waals surface area contributed by atoms with Crippen molar-refractivity contribution in [3.63, 3.8) is 0 Å². The van der Waals surface area contributed by atoms with Crippen LogP contribution in [-0.4, -0.2) is 59.1 Å². The summed E-state index contributed by atoms with van der Waals surface area (Å²) < 4.78 is 0. The lowest BCUT2D eigenvalue weighted by molar-refractivity contribution is -0.138. The van der Waals surface area contributed by atoms with E-state index in [1.54, 1.807) is 0 Å². The number of nitrogens with zero attached hydrogens (tertiary/aromatic N) is 2. The third-order valence-corrected chi connectivity index (χ3v) is 4.48. The molecule has 4 nitrogen and oxygen atoms in total. The molecule has 2 aliphatic rings. The van der Waals surface area contributed by atoms with Crippen LogP contribution in [0.2, 0.25) is 0 Å². The van der Waals surface area contributed by atoms with E-state index >= 15 is 0 Å².